The number of nitrogens with zero attached hydrogens (tertiary/aromatic N) is 4. The van der Waals surface area contributed by atoms with Crippen molar-refractivity contribution in [2.24, 2.45) is 0 Å². The average molecular weight is 915 g/mol. The van der Waals surface area contributed by atoms with Crippen LogP contribution in [-0.2, 0) is 6.18 Å². The Kier molecular flexibility index (Phi) is 10.4. The lowest BCUT2D eigenvalue weighted by Gasteiger charge is -2.20. The van der Waals surface area contributed by atoms with E-state index in [2.05, 4.69) is 153 Å². The van der Waals surface area contributed by atoms with Gasteiger partial charge in [-0.1, -0.05) is 102 Å². The fourth-order valence-electron chi connectivity index (χ4n) is 11.2. The second-order valence-electron chi connectivity index (χ2n) is 18.6. The molecule has 0 radical (unpaired) electrons. The lowest BCUT2D eigenvalue weighted by Crippen LogP contribution is -2.04. The Morgan fingerprint density at radius 1 is 0.457 bits per heavy atom. The lowest BCUT2D eigenvalue weighted by atomic mass is 9.92. The minimum atomic E-state index is -4.62. The van der Waals surface area contributed by atoms with Crippen molar-refractivity contribution in [2.75, 3.05) is 0 Å². The Morgan fingerprint density at radius 2 is 0.914 bits per heavy atom. The Hall–Kier alpha value is -8.65. The quantitative estimate of drug-likeness (QED) is 0.153. The van der Waals surface area contributed by atoms with Crippen LogP contribution in [0.15, 0.2) is 164 Å². The molecule has 0 saturated carbocycles. The molecule has 0 aliphatic carbocycles. The van der Waals surface area contributed by atoms with E-state index in [0.717, 1.165) is 89.4 Å². The standard InChI is InChI=1S/C63H45F3N4/c1-36-26-38(3)61(39(4)27-36)44-18-24-58-51(32-44)48-12-8-10-14-55(48)69(58)57-22-16-42(35-67)30-50(57)53-31-43(47-21-20-46(63(64,65)66)34-54(47)68-7)17-23-60(53)70-56-15-11-9-13-49(56)52-33-45(19-25-59(52)70)62-40(5)28-37(2)29-41(62)6/h8-34H,1-6H3. The summed E-state index contributed by atoms with van der Waals surface area (Å²) in [6, 6.07) is 56.1. The van der Waals surface area contributed by atoms with Crippen LogP contribution in [0.4, 0.5) is 18.9 Å². The molecule has 0 aliphatic rings. The number of alkyl halides is 3. The Balaban J connectivity index is 1.22. The highest BCUT2D eigenvalue weighted by Crippen LogP contribution is 2.46. The average Bonchev–Trinajstić information content (AvgIpc) is 3.84. The van der Waals surface area contributed by atoms with Crippen molar-refractivity contribution < 1.29 is 13.2 Å². The molecular formula is C63H45F3N4. The summed E-state index contributed by atoms with van der Waals surface area (Å²) >= 11 is 0. The normalized spacial score (nSPS) is 11.8. The first-order chi connectivity index (χ1) is 33.7. The predicted molar refractivity (Wildman–Crippen MR) is 281 cm³/mol. The first-order valence-corrected chi connectivity index (χ1v) is 23.2. The Bertz CT molecular complexity index is 4050. The minimum Gasteiger partial charge on any atom is -0.309 e. The van der Waals surface area contributed by atoms with E-state index < -0.39 is 11.7 Å². The van der Waals surface area contributed by atoms with E-state index in [1.807, 2.05) is 54.6 Å². The molecule has 2 aromatic heterocycles. The summed E-state index contributed by atoms with van der Waals surface area (Å²) in [6.07, 6.45) is -4.62. The maximum atomic E-state index is 14.1. The number of rotatable bonds is 6. The molecule has 0 fully saturated rings. The Morgan fingerprint density at radius 3 is 1.40 bits per heavy atom. The molecule has 0 spiro atoms. The molecule has 7 heteroatoms. The van der Waals surface area contributed by atoms with Gasteiger partial charge in [-0.25, -0.2) is 4.85 Å². The molecular weight excluding hydrogens is 870 g/mol. The Labute approximate surface area is 404 Å². The second-order valence-corrected chi connectivity index (χ2v) is 18.6. The number of para-hydroxylation sites is 2. The van der Waals surface area contributed by atoms with Crippen LogP contribution in [0, 0.1) is 59.4 Å². The number of nitriles is 1. The maximum absolute atomic E-state index is 14.1. The van der Waals surface area contributed by atoms with Crippen LogP contribution >= 0.6 is 0 Å². The summed E-state index contributed by atoms with van der Waals surface area (Å²) in [5.74, 6) is 0. The third-order valence-corrected chi connectivity index (χ3v) is 13.9. The molecule has 2 heterocycles. The van der Waals surface area contributed by atoms with Gasteiger partial charge < -0.3 is 9.13 Å². The van der Waals surface area contributed by atoms with Crippen molar-refractivity contribution in [1.82, 2.24) is 9.13 Å². The van der Waals surface area contributed by atoms with Gasteiger partial charge in [0.15, 0.2) is 5.69 Å². The largest absolute Gasteiger partial charge is 0.415 e. The van der Waals surface area contributed by atoms with Crippen molar-refractivity contribution in [3.8, 4) is 62.0 Å². The van der Waals surface area contributed by atoms with Gasteiger partial charge in [0.25, 0.3) is 0 Å². The maximum Gasteiger partial charge on any atom is 0.415 e. The van der Waals surface area contributed by atoms with Crippen molar-refractivity contribution >= 4 is 49.3 Å². The van der Waals surface area contributed by atoms with Gasteiger partial charge in [-0.2, -0.15) is 18.4 Å². The monoisotopic (exact) mass is 914 g/mol. The van der Waals surface area contributed by atoms with Crippen molar-refractivity contribution in [1.29, 1.82) is 5.26 Å². The summed E-state index contributed by atoms with van der Waals surface area (Å²) in [5.41, 5.74) is 19.2. The molecule has 0 atom stereocenters. The summed E-state index contributed by atoms with van der Waals surface area (Å²) in [4.78, 5) is 3.62. The molecule has 0 aliphatic heterocycles. The topological polar surface area (TPSA) is 38.0 Å². The molecule has 338 valence electrons. The molecule has 11 rings (SSSR count). The molecule has 70 heavy (non-hydrogen) atoms. The number of aryl methyl sites for hydroxylation is 6. The van der Waals surface area contributed by atoms with Gasteiger partial charge in [0.05, 0.1) is 51.6 Å². The molecule has 11 aromatic rings. The van der Waals surface area contributed by atoms with E-state index in [4.69, 9.17) is 6.57 Å². The van der Waals surface area contributed by atoms with Crippen LogP contribution in [0.1, 0.15) is 44.5 Å². The molecule has 0 bridgehead atoms. The van der Waals surface area contributed by atoms with E-state index in [1.54, 1.807) is 0 Å². The van der Waals surface area contributed by atoms with Gasteiger partial charge in [-0.15, -0.1) is 0 Å². The zero-order valence-electron chi connectivity index (χ0n) is 39.5. The predicted octanol–water partition coefficient (Wildman–Crippen LogP) is 17.8. The van der Waals surface area contributed by atoms with Crippen LogP contribution in [0.3, 0.4) is 0 Å². The van der Waals surface area contributed by atoms with Crippen molar-refractivity contribution in [3.63, 3.8) is 0 Å². The van der Waals surface area contributed by atoms with Gasteiger partial charge in [0.2, 0.25) is 0 Å². The molecule has 0 saturated heterocycles. The third kappa shape index (κ3) is 7.13. The molecule has 4 nitrogen and oxygen atoms in total. The van der Waals surface area contributed by atoms with E-state index in [-0.39, 0.29) is 5.69 Å². The van der Waals surface area contributed by atoms with E-state index in [9.17, 15) is 18.4 Å². The highest BCUT2D eigenvalue weighted by molar-refractivity contribution is 6.13. The number of fused-ring (bicyclic) bond motifs is 6. The van der Waals surface area contributed by atoms with Gasteiger partial charge in [0, 0.05) is 38.2 Å². The van der Waals surface area contributed by atoms with Gasteiger partial charge in [0.1, 0.15) is 0 Å². The van der Waals surface area contributed by atoms with E-state index >= 15 is 0 Å². The van der Waals surface area contributed by atoms with Crippen LogP contribution in [0.5, 0.6) is 0 Å². The zero-order chi connectivity index (χ0) is 48.7. The number of halogens is 3. The summed E-state index contributed by atoms with van der Waals surface area (Å²) in [6.45, 7) is 20.9. The fraction of sp³-hybridized carbons (Fsp3) is 0.111. The van der Waals surface area contributed by atoms with Crippen LogP contribution in [0.2, 0.25) is 0 Å². The van der Waals surface area contributed by atoms with E-state index in [0.29, 0.717) is 16.7 Å². The minimum absolute atomic E-state index is 0.108. The molecule has 9 aromatic carbocycles. The summed E-state index contributed by atoms with van der Waals surface area (Å²) in [5, 5.41) is 14.8. The second kappa shape index (κ2) is 16.5. The highest BCUT2D eigenvalue weighted by Gasteiger charge is 2.31. The van der Waals surface area contributed by atoms with Gasteiger partial charge in [-0.05, 0) is 170 Å². The number of hydrogen-bond acceptors (Lipinski definition) is 1. The number of benzene rings is 9. The SMILES string of the molecule is [C-]#[N+]c1cc(C(F)(F)F)ccc1-c1ccc(-n2c3ccccc3c3cc(-c4c(C)cc(C)cc4C)ccc32)c(-c2cc(C#N)ccc2-n2c3ccccc3c3cc(-c4c(C)cc(C)cc4C)ccc32)c1. The zero-order valence-corrected chi connectivity index (χ0v) is 39.5. The smallest absolute Gasteiger partial charge is 0.309 e. The molecule has 0 N–H and O–H groups in total. The first-order valence-electron chi connectivity index (χ1n) is 23.2. The lowest BCUT2D eigenvalue weighted by molar-refractivity contribution is -0.137. The molecule has 0 amide bonds. The first kappa shape index (κ1) is 43.9. The number of hydrogen-bond donors (Lipinski definition) is 0. The number of aromatic nitrogens is 2. The van der Waals surface area contributed by atoms with Gasteiger partial charge in [-0.3, -0.25) is 0 Å². The van der Waals surface area contributed by atoms with Crippen LogP contribution in [-0.4, -0.2) is 9.13 Å². The van der Waals surface area contributed by atoms with Gasteiger partial charge >= 0.3 is 6.18 Å². The highest BCUT2D eigenvalue weighted by atomic mass is 19.4. The fourth-order valence-corrected chi connectivity index (χ4v) is 11.2. The van der Waals surface area contributed by atoms with Crippen molar-refractivity contribution in [3.05, 3.63) is 220 Å². The van der Waals surface area contributed by atoms with Crippen LogP contribution in [0.25, 0.3) is 104 Å². The third-order valence-electron chi connectivity index (χ3n) is 13.9. The molecule has 0 unspecified atom stereocenters. The van der Waals surface area contributed by atoms with Crippen molar-refractivity contribution in [2.45, 2.75) is 47.7 Å². The summed E-state index contributed by atoms with van der Waals surface area (Å²) in [7, 11) is 0. The summed E-state index contributed by atoms with van der Waals surface area (Å²) < 4.78 is 46.7. The van der Waals surface area contributed by atoms with E-state index in [1.165, 1.54) is 50.6 Å². The van der Waals surface area contributed by atoms with Crippen LogP contribution < -0.4 is 0 Å².